The van der Waals surface area contributed by atoms with E-state index in [2.05, 4.69) is 5.32 Å². The summed E-state index contributed by atoms with van der Waals surface area (Å²) in [6, 6.07) is 15.4. The standard InChI is InChI=1S/C17H16ClNO2/c18-10-13-6-1-3-7-15(13)19-17(20)14-9-12-5-2-4-8-16(12)21-11-14/h1-8,14H,9-11H2,(H,19,20). The Balaban J connectivity index is 1.72. The van der Waals surface area contributed by atoms with Crippen LogP contribution in [0.4, 0.5) is 5.69 Å². The molecule has 1 aliphatic rings. The van der Waals surface area contributed by atoms with Gasteiger partial charge in [-0.05, 0) is 29.7 Å². The fraction of sp³-hybridized carbons (Fsp3) is 0.235. The van der Waals surface area contributed by atoms with Gasteiger partial charge in [-0.1, -0.05) is 36.4 Å². The summed E-state index contributed by atoms with van der Waals surface area (Å²) < 4.78 is 5.66. The monoisotopic (exact) mass is 301 g/mol. The molecule has 2 aromatic carbocycles. The zero-order valence-electron chi connectivity index (χ0n) is 11.5. The minimum absolute atomic E-state index is 0.0259. The Morgan fingerprint density at radius 2 is 1.95 bits per heavy atom. The summed E-state index contributed by atoms with van der Waals surface area (Å²) in [7, 11) is 0. The second-order valence-electron chi connectivity index (χ2n) is 5.10. The number of fused-ring (bicyclic) bond motifs is 1. The van der Waals surface area contributed by atoms with Crippen LogP contribution in [-0.2, 0) is 17.1 Å². The number of carbonyl (C=O) groups excluding carboxylic acids is 1. The van der Waals surface area contributed by atoms with Crippen molar-refractivity contribution in [1.82, 2.24) is 0 Å². The van der Waals surface area contributed by atoms with Crippen LogP contribution in [0.5, 0.6) is 5.75 Å². The van der Waals surface area contributed by atoms with Gasteiger partial charge in [-0.2, -0.15) is 0 Å². The van der Waals surface area contributed by atoms with E-state index < -0.39 is 0 Å². The number of para-hydroxylation sites is 2. The lowest BCUT2D eigenvalue weighted by Crippen LogP contribution is -2.32. The first-order chi connectivity index (χ1) is 10.3. The van der Waals surface area contributed by atoms with Crippen molar-refractivity contribution in [3.05, 3.63) is 59.7 Å². The first-order valence-electron chi connectivity index (χ1n) is 6.93. The van der Waals surface area contributed by atoms with Crippen molar-refractivity contribution in [3.63, 3.8) is 0 Å². The van der Waals surface area contributed by atoms with Gasteiger partial charge >= 0.3 is 0 Å². The Hall–Kier alpha value is -2.00. The third-order valence-electron chi connectivity index (χ3n) is 3.67. The van der Waals surface area contributed by atoms with Crippen LogP contribution in [-0.4, -0.2) is 12.5 Å². The molecule has 1 amide bonds. The Kier molecular flexibility index (Phi) is 4.11. The summed E-state index contributed by atoms with van der Waals surface area (Å²) in [4.78, 5) is 12.4. The van der Waals surface area contributed by atoms with Crippen LogP contribution >= 0.6 is 11.6 Å². The van der Waals surface area contributed by atoms with E-state index in [1.807, 2.05) is 48.5 Å². The molecule has 0 bridgehead atoms. The van der Waals surface area contributed by atoms with Crippen LogP contribution in [0.15, 0.2) is 48.5 Å². The van der Waals surface area contributed by atoms with Crippen LogP contribution in [0.2, 0.25) is 0 Å². The number of hydrogen-bond donors (Lipinski definition) is 1. The molecule has 0 aliphatic carbocycles. The van der Waals surface area contributed by atoms with Crippen molar-refractivity contribution in [3.8, 4) is 5.75 Å². The SMILES string of the molecule is O=C(Nc1ccccc1CCl)C1COc2ccccc2C1. The Morgan fingerprint density at radius 1 is 1.19 bits per heavy atom. The number of nitrogens with one attached hydrogen (secondary N) is 1. The highest BCUT2D eigenvalue weighted by atomic mass is 35.5. The third-order valence-corrected chi connectivity index (χ3v) is 3.96. The van der Waals surface area contributed by atoms with Crippen molar-refractivity contribution in [2.75, 3.05) is 11.9 Å². The van der Waals surface area contributed by atoms with E-state index in [0.717, 1.165) is 22.6 Å². The van der Waals surface area contributed by atoms with Crippen molar-refractivity contribution in [2.24, 2.45) is 5.92 Å². The van der Waals surface area contributed by atoms with E-state index in [1.165, 1.54) is 0 Å². The van der Waals surface area contributed by atoms with Gasteiger partial charge in [0.25, 0.3) is 0 Å². The highest BCUT2D eigenvalue weighted by Crippen LogP contribution is 2.28. The number of rotatable bonds is 3. The van der Waals surface area contributed by atoms with Gasteiger partial charge in [-0.3, -0.25) is 4.79 Å². The molecule has 4 heteroatoms. The molecule has 0 spiro atoms. The molecular weight excluding hydrogens is 286 g/mol. The van der Waals surface area contributed by atoms with E-state index in [9.17, 15) is 4.79 Å². The number of halogens is 1. The van der Waals surface area contributed by atoms with Crippen molar-refractivity contribution in [1.29, 1.82) is 0 Å². The molecule has 0 fully saturated rings. The van der Waals surface area contributed by atoms with Gasteiger partial charge in [-0.15, -0.1) is 11.6 Å². The van der Waals surface area contributed by atoms with Crippen LogP contribution in [0.25, 0.3) is 0 Å². The molecule has 3 nitrogen and oxygen atoms in total. The van der Waals surface area contributed by atoms with Crippen molar-refractivity contribution in [2.45, 2.75) is 12.3 Å². The molecule has 1 aliphatic heterocycles. The number of ether oxygens (including phenoxy) is 1. The van der Waals surface area contributed by atoms with Crippen LogP contribution in [0, 0.1) is 5.92 Å². The summed E-state index contributed by atoms with van der Waals surface area (Å²) in [6.45, 7) is 0.409. The van der Waals surface area contributed by atoms with E-state index in [-0.39, 0.29) is 11.8 Å². The average molecular weight is 302 g/mol. The molecule has 3 rings (SSSR count). The van der Waals surface area contributed by atoms with E-state index in [4.69, 9.17) is 16.3 Å². The molecule has 1 unspecified atom stereocenters. The second kappa shape index (κ2) is 6.19. The number of anilines is 1. The topological polar surface area (TPSA) is 38.3 Å². The van der Waals surface area contributed by atoms with Gasteiger partial charge in [0.1, 0.15) is 12.4 Å². The minimum atomic E-state index is -0.178. The van der Waals surface area contributed by atoms with Crippen LogP contribution < -0.4 is 10.1 Å². The minimum Gasteiger partial charge on any atom is -0.492 e. The van der Waals surface area contributed by atoms with Crippen LogP contribution in [0.1, 0.15) is 11.1 Å². The summed E-state index contributed by atoms with van der Waals surface area (Å²) in [6.07, 6.45) is 0.699. The van der Waals surface area contributed by atoms with Crippen LogP contribution in [0.3, 0.4) is 0 Å². The lowest BCUT2D eigenvalue weighted by molar-refractivity contribution is -0.121. The van der Waals surface area contributed by atoms with Gasteiger partial charge in [0, 0.05) is 11.6 Å². The van der Waals surface area contributed by atoms with Gasteiger partial charge in [0.15, 0.2) is 0 Å². The van der Waals surface area contributed by atoms with Gasteiger partial charge in [-0.25, -0.2) is 0 Å². The predicted octanol–water partition coefficient (Wildman–Crippen LogP) is 3.62. The quantitative estimate of drug-likeness (QED) is 0.879. The van der Waals surface area contributed by atoms with Gasteiger partial charge in [0.05, 0.1) is 5.92 Å². The first kappa shape index (κ1) is 14.0. The molecule has 21 heavy (non-hydrogen) atoms. The highest BCUT2D eigenvalue weighted by Gasteiger charge is 2.26. The molecule has 108 valence electrons. The summed E-state index contributed by atoms with van der Waals surface area (Å²) in [5.41, 5.74) is 2.77. The lowest BCUT2D eigenvalue weighted by Gasteiger charge is -2.24. The summed E-state index contributed by atoms with van der Waals surface area (Å²) in [5.74, 6) is 1.05. The lowest BCUT2D eigenvalue weighted by atomic mass is 9.96. The molecule has 0 aromatic heterocycles. The molecule has 0 radical (unpaired) electrons. The van der Waals surface area contributed by atoms with Gasteiger partial charge < -0.3 is 10.1 Å². The molecule has 0 saturated carbocycles. The van der Waals surface area contributed by atoms with E-state index in [1.54, 1.807) is 0 Å². The molecule has 1 atom stereocenters. The maximum Gasteiger partial charge on any atom is 0.231 e. The molecule has 1 heterocycles. The number of hydrogen-bond acceptors (Lipinski definition) is 2. The largest absolute Gasteiger partial charge is 0.492 e. The predicted molar refractivity (Wildman–Crippen MR) is 83.8 cm³/mol. The zero-order chi connectivity index (χ0) is 14.7. The highest BCUT2D eigenvalue weighted by molar-refractivity contribution is 6.17. The zero-order valence-corrected chi connectivity index (χ0v) is 12.3. The van der Waals surface area contributed by atoms with Crippen molar-refractivity contribution >= 4 is 23.2 Å². The maximum absolute atomic E-state index is 12.4. The summed E-state index contributed by atoms with van der Waals surface area (Å²) in [5, 5.41) is 2.96. The van der Waals surface area contributed by atoms with E-state index >= 15 is 0 Å². The number of amides is 1. The number of alkyl halides is 1. The maximum atomic E-state index is 12.4. The van der Waals surface area contributed by atoms with E-state index in [0.29, 0.717) is 18.9 Å². The molecular formula is C17H16ClNO2. The molecule has 0 saturated heterocycles. The fourth-order valence-electron chi connectivity index (χ4n) is 2.49. The summed E-state index contributed by atoms with van der Waals surface area (Å²) >= 11 is 5.89. The number of carbonyl (C=O) groups is 1. The third kappa shape index (κ3) is 3.03. The second-order valence-corrected chi connectivity index (χ2v) is 5.37. The van der Waals surface area contributed by atoms with Crippen molar-refractivity contribution < 1.29 is 9.53 Å². The normalized spacial score (nSPS) is 16.7. The Labute approximate surface area is 128 Å². The van der Waals surface area contributed by atoms with Gasteiger partial charge in [0.2, 0.25) is 5.91 Å². The first-order valence-corrected chi connectivity index (χ1v) is 7.47. The smallest absolute Gasteiger partial charge is 0.231 e. The fourth-order valence-corrected chi connectivity index (χ4v) is 2.72. The molecule has 1 N–H and O–H groups in total. The Morgan fingerprint density at radius 3 is 2.81 bits per heavy atom. The Bertz CT molecular complexity index is 657. The number of benzene rings is 2. The molecule has 2 aromatic rings. The average Bonchev–Trinajstić information content (AvgIpc) is 2.55.